The highest BCUT2D eigenvalue weighted by Gasteiger charge is 2.16. The van der Waals surface area contributed by atoms with Crippen LogP contribution in [-0.4, -0.2) is 41.5 Å². The Balaban J connectivity index is 2.11. The molecular weight excluding hydrogens is 278 g/mol. The Bertz CT molecular complexity index is 597. The monoisotopic (exact) mass is 299 g/mol. The van der Waals surface area contributed by atoms with Crippen LogP contribution in [0.1, 0.15) is 28.5 Å². The third-order valence-electron chi connectivity index (χ3n) is 3.35. The summed E-state index contributed by atoms with van der Waals surface area (Å²) in [5.74, 6) is -0.198. The molecule has 0 radical (unpaired) electrons. The molecule has 1 aromatic carbocycles. The highest BCUT2D eigenvalue weighted by Crippen LogP contribution is 2.17. The second-order valence-corrected chi connectivity index (χ2v) is 5.43. The number of aromatic hydroxyl groups is 1. The molecule has 5 heteroatoms. The summed E-state index contributed by atoms with van der Waals surface area (Å²) in [6.45, 7) is 0.864. The average Bonchev–Trinajstić information content (AvgIpc) is 2.52. The van der Waals surface area contributed by atoms with Crippen LogP contribution in [0.2, 0.25) is 0 Å². The van der Waals surface area contributed by atoms with Crippen molar-refractivity contribution in [2.75, 3.05) is 20.6 Å². The smallest absolute Gasteiger partial charge is 0.270 e. The van der Waals surface area contributed by atoms with Gasteiger partial charge in [0.1, 0.15) is 11.4 Å². The Labute approximate surface area is 130 Å². The van der Waals surface area contributed by atoms with Gasteiger partial charge in [-0.25, -0.2) is 4.98 Å². The van der Waals surface area contributed by atoms with Crippen molar-refractivity contribution in [1.29, 1.82) is 0 Å². The van der Waals surface area contributed by atoms with Crippen molar-refractivity contribution in [2.45, 2.75) is 12.5 Å². The molecule has 0 saturated carbocycles. The van der Waals surface area contributed by atoms with Crippen LogP contribution in [0.15, 0.2) is 48.7 Å². The fraction of sp³-hybridized carbons (Fsp3) is 0.294. The van der Waals surface area contributed by atoms with Crippen molar-refractivity contribution in [3.05, 3.63) is 59.9 Å². The molecule has 0 aliphatic carbocycles. The lowest BCUT2D eigenvalue weighted by Crippen LogP contribution is -2.31. The van der Waals surface area contributed by atoms with Gasteiger partial charge in [-0.05, 0) is 44.8 Å². The van der Waals surface area contributed by atoms with Crippen LogP contribution in [0.4, 0.5) is 0 Å². The van der Waals surface area contributed by atoms with Gasteiger partial charge in [0.05, 0.1) is 12.2 Å². The zero-order valence-electron chi connectivity index (χ0n) is 12.9. The molecule has 0 aliphatic heterocycles. The van der Waals surface area contributed by atoms with E-state index in [1.165, 1.54) is 18.3 Å². The minimum atomic E-state index is -0.243. The number of carbonyl (C=O) groups excluding carboxylic acids is 1. The van der Waals surface area contributed by atoms with Gasteiger partial charge in [-0.1, -0.05) is 30.3 Å². The molecule has 0 saturated heterocycles. The van der Waals surface area contributed by atoms with Crippen molar-refractivity contribution in [2.24, 2.45) is 0 Å². The van der Waals surface area contributed by atoms with E-state index in [1.807, 2.05) is 44.4 Å². The van der Waals surface area contributed by atoms with Crippen LogP contribution in [0.5, 0.6) is 5.75 Å². The minimum Gasteiger partial charge on any atom is -0.506 e. The van der Waals surface area contributed by atoms with E-state index < -0.39 is 0 Å². The third-order valence-corrected chi connectivity index (χ3v) is 3.35. The van der Waals surface area contributed by atoms with Crippen molar-refractivity contribution in [1.82, 2.24) is 15.2 Å². The molecule has 0 bridgehead atoms. The Morgan fingerprint density at radius 1 is 1.23 bits per heavy atom. The van der Waals surface area contributed by atoms with E-state index in [-0.39, 0.29) is 17.7 Å². The van der Waals surface area contributed by atoms with Gasteiger partial charge in [-0.2, -0.15) is 0 Å². The zero-order valence-corrected chi connectivity index (χ0v) is 12.9. The van der Waals surface area contributed by atoms with E-state index >= 15 is 0 Å². The first kappa shape index (κ1) is 16.0. The predicted molar refractivity (Wildman–Crippen MR) is 85.7 cm³/mol. The maximum Gasteiger partial charge on any atom is 0.270 e. The Hall–Kier alpha value is -2.40. The molecule has 0 aliphatic rings. The molecule has 5 nitrogen and oxygen atoms in total. The fourth-order valence-electron chi connectivity index (χ4n) is 2.15. The fourth-order valence-corrected chi connectivity index (χ4v) is 2.15. The molecule has 1 atom stereocenters. The lowest BCUT2D eigenvalue weighted by atomic mass is 10.0. The molecule has 0 spiro atoms. The topological polar surface area (TPSA) is 65.5 Å². The molecule has 0 fully saturated rings. The van der Waals surface area contributed by atoms with Crippen LogP contribution in [0, 0.1) is 0 Å². The van der Waals surface area contributed by atoms with Gasteiger partial charge < -0.3 is 15.3 Å². The van der Waals surface area contributed by atoms with Gasteiger partial charge >= 0.3 is 0 Å². The highest BCUT2D eigenvalue weighted by molar-refractivity contribution is 5.92. The number of nitrogens with one attached hydrogen (secondary N) is 1. The van der Waals surface area contributed by atoms with Crippen LogP contribution < -0.4 is 5.32 Å². The zero-order chi connectivity index (χ0) is 15.9. The summed E-state index contributed by atoms with van der Waals surface area (Å²) in [7, 11) is 4.01. The second-order valence-electron chi connectivity index (χ2n) is 5.43. The standard InChI is InChI=1S/C17H21N3O2/c1-20(2)11-10-15(13-6-4-3-5-7-13)19-17(22)16-9-8-14(21)12-18-16/h3-9,12,15,21H,10-11H2,1-2H3,(H,19,22)/t15-/m0/s1. The first-order valence-corrected chi connectivity index (χ1v) is 7.22. The van der Waals surface area contributed by atoms with Crippen LogP contribution in [0.3, 0.4) is 0 Å². The number of aromatic nitrogens is 1. The summed E-state index contributed by atoms with van der Waals surface area (Å²) in [5.41, 5.74) is 1.36. The van der Waals surface area contributed by atoms with E-state index in [0.29, 0.717) is 5.69 Å². The first-order chi connectivity index (χ1) is 10.6. The first-order valence-electron chi connectivity index (χ1n) is 7.22. The summed E-state index contributed by atoms with van der Waals surface area (Å²) in [5, 5.41) is 12.3. The quantitative estimate of drug-likeness (QED) is 0.858. The van der Waals surface area contributed by atoms with Gasteiger partial charge in [0.2, 0.25) is 0 Å². The Kier molecular flexibility index (Phi) is 5.49. The molecule has 2 N–H and O–H groups in total. The SMILES string of the molecule is CN(C)CC[C@H](NC(=O)c1ccc(O)cn1)c1ccccc1. The average molecular weight is 299 g/mol. The van der Waals surface area contributed by atoms with E-state index in [2.05, 4.69) is 15.2 Å². The van der Waals surface area contributed by atoms with Crippen molar-refractivity contribution < 1.29 is 9.90 Å². The summed E-state index contributed by atoms with van der Waals surface area (Å²) in [4.78, 5) is 18.3. The molecule has 2 aromatic rings. The normalized spacial score (nSPS) is 12.1. The van der Waals surface area contributed by atoms with Crippen molar-refractivity contribution in [3.8, 4) is 5.75 Å². The van der Waals surface area contributed by atoms with Crippen LogP contribution >= 0.6 is 0 Å². The lowest BCUT2D eigenvalue weighted by molar-refractivity contribution is 0.0927. The molecule has 1 aromatic heterocycles. The lowest BCUT2D eigenvalue weighted by Gasteiger charge is -2.21. The van der Waals surface area contributed by atoms with Crippen LogP contribution in [-0.2, 0) is 0 Å². The Morgan fingerprint density at radius 3 is 2.55 bits per heavy atom. The van der Waals surface area contributed by atoms with E-state index in [9.17, 15) is 9.90 Å². The largest absolute Gasteiger partial charge is 0.506 e. The molecule has 2 rings (SSSR count). The van der Waals surface area contributed by atoms with Crippen LogP contribution in [0.25, 0.3) is 0 Å². The predicted octanol–water partition coefficient (Wildman–Crippen LogP) is 2.21. The van der Waals surface area contributed by atoms with Gasteiger partial charge in [-0.15, -0.1) is 0 Å². The number of benzene rings is 1. The van der Waals surface area contributed by atoms with Gasteiger partial charge in [0.25, 0.3) is 5.91 Å². The molecule has 116 valence electrons. The van der Waals surface area contributed by atoms with Gasteiger partial charge in [-0.3, -0.25) is 4.79 Å². The molecule has 1 heterocycles. The maximum atomic E-state index is 12.3. The number of pyridine rings is 1. The number of rotatable bonds is 6. The number of carbonyl (C=O) groups is 1. The minimum absolute atomic E-state index is 0.0452. The second kappa shape index (κ2) is 7.56. The van der Waals surface area contributed by atoms with E-state index in [1.54, 1.807) is 0 Å². The number of hydrogen-bond donors (Lipinski definition) is 2. The Morgan fingerprint density at radius 2 is 1.95 bits per heavy atom. The van der Waals surface area contributed by atoms with E-state index in [4.69, 9.17) is 0 Å². The summed E-state index contributed by atoms with van der Waals surface area (Å²) < 4.78 is 0. The molecular formula is C17H21N3O2. The molecule has 22 heavy (non-hydrogen) atoms. The summed E-state index contributed by atoms with van der Waals surface area (Å²) in [6.07, 6.45) is 2.08. The van der Waals surface area contributed by atoms with Crippen molar-refractivity contribution >= 4 is 5.91 Å². The summed E-state index contributed by atoms with van der Waals surface area (Å²) >= 11 is 0. The molecule has 0 unspecified atom stereocenters. The number of amides is 1. The third kappa shape index (κ3) is 4.56. The highest BCUT2D eigenvalue weighted by atomic mass is 16.3. The summed E-state index contributed by atoms with van der Waals surface area (Å²) in [6, 6.07) is 12.8. The van der Waals surface area contributed by atoms with E-state index in [0.717, 1.165) is 18.5 Å². The number of hydrogen-bond acceptors (Lipinski definition) is 4. The maximum absolute atomic E-state index is 12.3. The molecule has 1 amide bonds. The van der Waals surface area contributed by atoms with Gasteiger partial charge in [0, 0.05) is 0 Å². The van der Waals surface area contributed by atoms with Crippen molar-refractivity contribution in [3.63, 3.8) is 0 Å². The van der Waals surface area contributed by atoms with Gasteiger partial charge in [0.15, 0.2) is 0 Å². The number of nitrogens with zero attached hydrogens (tertiary/aromatic N) is 2.